The van der Waals surface area contributed by atoms with E-state index in [0.29, 0.717) is 0 Å². The highest BCUT2D eigenvalue weighted by atomic mass is 32.2. The van der Waals surface area contributed by atoms with E-state index < -0.39 is 0 Å². The molecule has 1 aromatic carbocycles. The Bertz CT molecular complexity index is 488. The molecular weight excluding hydrogens is 230 g/mol. The lowest BCUT2D eigenvalue weighted by Crippen LogP contribution is -2.07. The van der Waals surface area contributed by atoms with Crippen LogP contribution in [0, 0.1) is 0 Å². The third-order valence-corrected chi connectivity index (χ3v) is 3.46. The molecule has 0 bridgehead atoms. The third-order valence-electron chi connectivity index (χ3n) is 2.72. The second kappa shape index (κ2) is 5.38. The average Bonchev–Trinajstić information content (AvgIpc) is 2.71. The molecule has 0 saturated carbocycles. The molecule has 0 unspecified atom stereocenters. The van der Waals surface area contributed by atoms with Gasteiger partial charge in [0.25, 0.3) is 0 Å². The number of aromatic nitrogens is 2. The van der Waals surface area contributed by atoms with E-state index in [-0.39, 0.29) is 0 Å². The van der Waals surface area contributed by atoms with Crippen LogP contribution in [0.2, 0.25) is 0 Å². The van der Waals surface area contributed by atoms with Gasteiger partial charge in [-0.15, -0.1) is 11.8 Å². The van der Waals surface area contributed by atoms with Crippen molar-refractivity contribution in [2.45, 2.75) is 11.4 Å². The molecule has 0 atom stereocenters. The normalized spacial score (nSPS) is 10.8. The van der Waals surface area contributed by atoms with Crippen molar-refractivity contribution in [1.29, 1.82) is 0 Å². The molecule has 0 amide bonds. The second-order valence-corrected chi connectivity index (χ2v) is 4.79. The van der Waals surface area contributed by atoms with E-state index in [1.165, 1.54) is 16.2 Å². The monoisotopic (exact) mass is 247 g/mol. The molecule has 0 radical (unpaired) electrons. The van der Waals surface area contributed by atoms with Gasteiger partial charge in [0.05, 0.1) is 17.7 Å². The van der Waals surface area contributed by atoms with E-state index in [0.717, 1.165) is 12.2 Å². The van der Waals surface area contributed by atoms with Gasteiger partial charge in [-0.1, -0.05) is 12.1 Å². The summed E-state index contributed by atoms with van der Waals surface area (Å²) in [6.45, 7) is 0.792. The van der Waals surface area contributed by atoms with Crippen molar-refractivity contribution in [3.05, 3.63) is 36.3 Å². The highest BCUT2D eigenvalue weighted by Crippen LogP contribution is 2.25. The number of benzene rings is 1. The summed E-state index contributed by atoms with van der Waals surface area (Å²) in [5.41, 5.74) is 3.49. The number of nitrogens with one attached hydrogen (secondary N) is 1. The molecule has 0 saturated heterocycles. The number of thioether (sulfide) groups is 1. The van der Waals surface area contributed by atoms with Gasteiger partial charge in [-0.05, 0) is 25.4 Å². The molecule has 4 heteroatoms. The van der Waals surface area contributed by atoms with Crippen LogP contribution < -0.4 is 5.32 Å². The van der Waals surface area contributed by atoms with E-state index in [4.69, 9.17) is 0 Å². The van der Waals surface area contributed by atoms with Crippen LogP contribution in [0.5, 0.6) is 0 Å². The fraction of sp³-hybridized carbons (Fsp3) is 0.308. The van der Waals surface area contributed by atoms with Crippen LogP contribution in [0.25, 0.3) is 11.3 Å². The number of hydrogen-bond acceptors (Lipinski definition) is 3. The summed E-state index contributed by atoms with van der Waals surface area (Å²) in [6.07, 6.45) is 3.95. The summed E-state index contributed by atoms with van der Waals surface area (Å²) >= 11 is 1.76. The van der Waals surface area contributed by atoms with Gasteiger partial charge in [-0.25, -0.2) is 4.98 Å². The number of nitrogens with zero attached hydrogens (tertiary/aromatic N) is 2. The van der Waals surface area contributed by atoms with Crippen LogP contribution in [0.4, 0.5) is 0 Å². The number of rotatable bonds is 4. The molecule has 2 aromatic rings. The Labute approximate surface area is 106 Å². The highest BCUT2D eigenvalue weighted by Gasteiger charge is 2.10. The standard InChI is InChI=1S/C13H17N3S/c1-14-8-12-13(16(2)9-15-12)10-4-6-11(17-3)7-5-10/h4-7,9,14H,8H2,1-3H3. The lowest BCUT2D eigenvalue weighted by atomic mass is 10.1. The molecule has 0 fully saturated rings. The molecule has 0 aliphatic carbocycles. The van der Waals surface area contributed by atoms with Gasteiger partial charge in [0.2, 0.25) is 0 Å². The first-order valence-corrected chi connectivity index (χ1v) is 6.78. The zero-order valence-corrected chi connectivity index (χ0v) is 11.2. The van der Waals surface area contributed by atoms with Crippen LogP contribution in [-0.2, 0) is 13.6 Å². The summed E-state index contributed by atoms with van der Waals surface area (Å²) in [4.78, 5) is 5.70. The molecule has 1 aromatic heterocycles. The van der Waals surface area contributed by atoms with Gasteiger partial charge < -0.3 is 9.88 Å². The maximum atomic E-state index is 4.42. The van der Waals surface area contributed by atoms with Gasteiger partial charge in [0.15, 0.2) is 0 Å². The van der Waals surface area contributed by atoms with E-state index in [9.17, 15) is 0 Å². The van der Waals surface area contributed by atoms with Crippen LogP contribution in [-0.4, -0.2) is 22.9 Å². The van der Waals surface area contributed by atoms with Gasteiger partial charge in [0, 0.05) is 24.1 Å². The van der Waals surface area contributed by atoms with E-state index in [2.05, 4.69) is 45.4 Å². The van der Waals surface area contributed by atoms with Crippen molar-refractivity contribution >= 4 is 11.8 Å². The van der Waals surface area contributed by atoms with Crippen LogP contribution >= 0.6 is 11.8 Å². The first-order chi connectivity index (χ1) is 8.26. The van der Waals surface area contributed by atoms with Gasteiger partial charge in [0.1, 0.15) is 0 Å². The van der Waals surface area contributed by atoms with E-state index >= 15 is 0 Å². The lowest BCUT2D eigenvalue weighted by molar-refractivity contribution is 0.797. The van der Waals surface area contributed by atoms with Gasteiger partial charge in [-0.3, -0.25) is 0 Å². The van der Waals surface area contributed by atoms with Gasteiger partial charge >= 0.3 is 0 Å². The smallest absolute Gasteiger partial charge is 0.0952 e. The van der Waals surface area contributed by atoms with E-state index in [1.807, 2.05) is 20.4 Å². The fourth-order valence-electron chi connectivity index (χ4n) is 1.89. The predicted molar refractivity (Wildman–Crippen MR) is 73.2 cm³/mol. The molecule has 90 valence electrons. The number of imidazole rings is 1. The molecule has 0 aliphatic rings. The van der Waals surface area contributed by atoms with Crippen molar-refractivity contribution in [2.75, 3.05) is 13.3 Å². The predicted octanol–water partition coefficient (Wildman–Crippen LogP) is 2.53. The van der Waals surface area contributed by atoms with Crippen molar-refractivity contribution < 1.29 is 0 Å². The SMILES string of the molecule is CNCc1ncn(C)c1-c1ccc(SC)cc1. The summed E-state index contributed by atoms with van der Waals surface area (Å²) in [5.74, 6) is 0. The Balaban J connectivity index is 2.40. The zero-order chi connectivity index (χ0) is 12.3. The average molecular weight is 247 g/mol. The van der Waals surface area contributed by atoms with Crippen LogP contribution in [0.1, 0.15) is 5.69 Å². The van der Waals surface area contributed by atoms with Crippen LogP contribution in [0.3, 0.4) is 0 Å². The summed E-state index contributed by atoms with van der Waals surface area (Å²) < 4.78 is 2.07. The molecular formula is C13H17N3S. The Hall–Kier alpha value is -1.26. The van der Waals surface area contributed by atoms with Crippen molar-refractivity contribution in [2.24, 2.45) is 7.05 Å². The maximum absolute atomic E-state index is 4.42. The Kier molecular flexibility index (Phi) is 3.86. The minimum Gasteiger partial charge on any atom is -0.333 e. The van der Waals surface area contributed by atoms with Gasteiger partial charge in [-0.2, -0.15) is 0 Å². The lowest BCUT2D eigenvalue weighted by Gasteiger charge is -2.07. The summed E-state index contributed by atoms with van der Waals surface area (Å²) in [6, 6.07) is 8.61. The van der Waals surface area contributed by atoms with Crippen molar-refractivity contribution in [3.63, 3.8) is 0 Å². The summed E-state index contributed by atoms with van der Waals surface area (Å²) in [7, 11) is 3.97. The summed E-state index contributed by atoms with van der Waals surface area (Å²) in [5, 5.41) is 3.15. The topological polar surface area (TPSA) is 29.9 Å². The first kappa shape index (κ1) is 12.2. The molecule has 17 heavy (non-hydrogen) atoms. The quantitative estimate of drug-likeness (QED) is 0.842. The molecule has 0 aliphatic heterocycles. The molecule has 2 rings (SSSR count). The Morgan fingerprint density at radius 1 is 1.29 bits per heavy atom. The minimum absolute atomic E-state index is 0.792. The molecule has 0 spiro atoms. The first-order valence-electron chi connectivity index (χ1n) is 5.55. The molecule has 3 nitrogen and oxygen atoms in total. The minimum atomic E-state index is 0.792. The van der Waals surface area contributed by atoms with Crippen LogP contribution in [0.15, 0.2) is 35.5 Å². The zero-order valence-electron chi connectivity index (χ0n) is 10.4. The Morgan fingerprint density at radius 2 is 2.00 bits per heavy atom. The molecule has 1 N–H and O–H groups in total. The maximum Gasteiger partial charge on any atom is 0.0952 e. The van der Waals surface area contributed by atoms with E-state index in [1.54, 1.807) is 11.8 Å². The second-order valence-electron chi connectivity index (χ2n) is 3.91. The van der Waals surface area contributed by atoms with Crippen molar-refractivity contribution in [1.82, 2.24) is 14.9 Å². The largest absolute Gasteiger partial charge is 0.333 e. The van der Waals surface area contributed by atoms with Crippen molar-refractivity contribution in [3.8, 4) is 11.3 Å². The fourth-order valence-corrected chi connectivity index (χ4v) is 2.30. The third kappa shape index (κ3) is 2.53. The Morgan fingerprint density at radius 3 is 2.59 bits per heavy atom. The number of hydrogen-bond donors (Lipinski definition) is 1. The molecule has 1 heterocycles. The highest BCUT2D eigenvalue weighted by molar-refractivity contribution is 7.98. The number of aryl methyl sites for hydroxylation is 1.